The zero-order valence-electron chi connectivity index (χ0n) is 17.8. The van der Waals surface area contributed by atoms with Crippen molar-refractivity contribution in [1.29, 1.82) is 0 Å². The largest absolute Gasteiger partial charge is 0.507 e. The number of hydrogen-bond acceptors (Lipinski definition) is 9. The quantitative estimate of drug-likeness (QED) is 0.325. The fourth-order valence-corrected chi connectivity index (χ4v) is 2.64. The first-order chi connectivity index (χ1) is 15.0. The maximum absolute atomic E-state index is 10.3. The second kappa shape index (κ2) is 12.4. The van der Waals surface area contributed by atoms with Crippen LogP contribution in [0.1, 0.15) is 32.6 Å². The fraction of sp³-hybridized carbons (Fsp3) is 0.450. The standard InChI is InChI=1S/C14H19N3O2.C6H8O7/c1-3-17(4-2)10-9-13-15-14(16-19-13)11-7-5-6-8-12(11)18;7-3(8)1-6(13,5(11)12)2-4(9)10/h5-8,18H,3-4,9-10H2,1-2H3;13H,1-2H2,(H,7,8)(H,9,10)(H,11,12). The lowest BCUT2D eigenvalue weighted by Crippen LogP contribution is -2.42. The van der Waals surface area contributed by atoms with E-state index in [9.17, 15) is 19.5 Å². The van der Waals surface area contributed by atoms with Gasteiger partial charge >= 0.3 is 17.9 Å². The number of aromatic hydroxyl groups is 1. The van der Waals surface area contributed by atoms with Crippen LogP contribution in [-0.4, -0.2) is 83.7 Å². The molecule has 1 aromatic carbocycles. The Labute approximate surface area is 183 Å². The summed E-state index contributed by atoms with van der Waals surface area (Å²) in [4.78, 5) is 37.1. The van der Waals surface area contributed by atoms with Crippen molar-refractivity contribution in [2.24, 2.45) is 0 Å². The fourth-order valence-electron chi connectivity index (χ4n) is 2.64. The van der Waals surface area contributed by atoms with Gasteiger partial charge in [-0.15, -0.1) is 0 Å². The molecule has 12 heteroatoms. The Bertz CT molecular complexity index is 893. The molecule has 0 aliphatic carbocycles. The number of hydrogen-bond donors (Lipinski definition) is 5. The zero-order chi connectivity index (χ0) is 24.3. The van der Waals surface area contributed by atoms with Crippen LogP contribution in [-0.2, 0) is 20.8 Å². The third-order valence-corrected chi connectivity index (χ3v) is 4.43. The van der Waals surface area contributed by atoms with Crippen LogP contribution >= 0.6 is 0 Å². The third-order valence-electron chi connectivity index (χ3n) is 4.43. The maximum Gasteiger partial charge on any atom is 0.336 e. The molecular formula is C20H27N3O9. The first-order valence-corrected chi connectivity index (χ1v) is 9.75. The predicted octanol–water partition coefficient (Wildman–Crippen LogP) is 1.08. The second-order valence-electron chi connectivity index (χ2n) is 6.78. The molecule has 0 aliphatic heterocycles. The first-order valence-electron chi connectivity index (χ1n) is 9.75. The summed E-state index contributed by atoms with van der Waals surface area (Å²) < 4.78 is 5.21. The monoisotopic (exact) mass is 453 g/mol. The minimum absolute atomic E-state index is 0.165. The zero-order valence-corrected chi connectivity index (χ0v) is 17.8. The molecule has 12 nitrogen and oxygen atoms in total. The Morgan fingerprint density at radius 2 is 1.59 bits per heavy atom. The van der Waals surface area contributed by atoms with E-state index in [1.54, 1.807) is 18.2 Å². The molecule has 0 amide bonds. The van der Waals surface area contributed by atoms with E-state index in [0.29, 0.717) is 17.3 Å². The second-order valence-corrected chi connectivity index (χ2v) is 6.78. The van der Waals surface area contributed by atoms with Gasteiger partial charge in [0.25, 0.3) is 0 Å². The molecule has 0 saturated heterocycles. The van der Waals surface area contributed by atoms with Crippen LogP contribution in [0.2, 0.25) is 0 Å². The highest BCUT2D eigenvalue weighted by Gasteiger charge is 2.40. The van der Waals surface area contributed by atoms with Gasteiger partial charge in [0, 0.05) is 13.0 Å². The Morgan fingerprint density at radius 1 is 1.03 bits per heavy atom. The first kappa shape index (κ1) is 26.5. The molecule has 1 aromatic heterocycles. The van der Waals surface area contributed by atoms with E-state index in [2.05, 4.69) is 28.9 Å². The number of aliphatic hydroxyl groups is 1. The van der Waals surface area contributed by atoms with Gasteiger partial charge in [-0.1, -0.05) is 31.1 Å². The minimum Gasteiger partial charge on any atom is -0.507 e. The topological polar surface area (TPSA) is 195 Å². The summed E-state index contributed by atoms with van der Waals surface area (Å²) in [5, 5.41) is 47.5. The highest BCUT2D eigenvalue weighted by molar-refractivity contribution is 5.88. The Hall–Kier alpha value is -3.51. The van der Waals surface area contributed by atoms with Gasteiger partial charge in [0.2, 0.25) is 11.7 Å². The van der Waals surface area contributed by atoms with Gasteiger partial charge in [0.05, 0.1) is 18.4 Å². The van der Waals surface area contributed by atoms with E-state index in [-0.39, 0.29) is 5.75 Å². The van der Waals surface area contributed by atoms with E-state index in [4.69, 9.17) is 24.9 Å². The van der Waals surface area contributed by atoms with Gasteiger partial charge in [-0.3, -0.25) is 9.59 Å². The van der Waals surface area contributed by atoms with Gasteiger partial charge in [-0.25, -0.2) is 4.79 Å². The van der Waals surface area contributed by atoms with Gasteiger partial charge in [-0.05, 0) is 25.2 Å². The van der Waals surface area contributed by atoms with Crippen molar-refractivity contribution in [1.82, 2.24) is 15.0 Å². The molecule has 0 bridgehead atoms. The molecule has 1 heterocycles. The number of carboxylic acid groups (broad SMARTS) is 3. The molecule has 2 aromatic rings. The lowest BCUT2D eigenvalue weighted by Gasteiger charge is -2.18. The number of likely N-dealkylation sites (N-methyl/N-ethyl adjacent to an activating group) is 1. The lowest BCUT2D eigenvalue weighted by molar-refractivity contribution is -0.170. The van der Waals surface area contributed by atoms with Crippen molar-refractivity contribution >= 4 is 17.9 Å². The average molecular weight is 453 g/mol. The molecule has 0 radical (unpaired) electrons. The van der Waals surface area contributed by atoms with E-state index in [1.807, 2.05) is 6.07 Å². The Morgan fingerprint density at radius 3 is 2.06 bits per heavy atom. The van der Waals surface area contributed by atoms with Crippen LogP contribution in [0.5, 0.6) is 5.75 Å². The van der Waals surface area contributed by atoms with Crippen LogP contribution < -0.4 is 0 Å². The molecule has 2 rings (SSSR count). The number of carbonyl (C=O) groups is 3. The summed E-state index contributed by atoms with van der Waals surface area (Å²) in [6, 6.07) is 6.98. The number of aromatic nitrogens is 2. The van der Waals surface area contributed by atoms with E-state index < -0.39 is 36.4 Å². The van der Waals surface area contributed by atoms with Crippen molar-refractivity contribution in [3.8, 4) is 17.1 Å². The van der Waals surface area contributed by atoms with Crippen LogP contribution in [0.15, 0.2) is 28.8 Å². The molecule has 0 aliphatic rings. The normalized spacial score (nSPS) is 11.0. The lowest BCUT2D eigenvalue weighted by atomic mass is 9.96. The van der Waals surface area contributed by atoms with Gasteiger partial charge in [0.1, 0.15) is 5.75 Å². The van der Waals surface area contributed by atoms with E-state index in [1.165, 1.54) is 0 Å². The number of phenols is 1. The summed E-state index contributed by atoms with van der Waals surface area (Å²) in [7, 11) is 0. The summed E-state index contributed by atoms with van der Waals surface area (Å²) in [6.45, 7) is 7.18. The number of nitrogens with zero attached hydrogens (tertiary/aromatic N) is 3. The molecule has 0 spiro atoms. The number of para-hydroxylation sites is 1. The van der Waals surface area contributed by atoms with Crippen LogP contribution in [0.25, 0.3) is 11.4 Å². The smallest absolute Gasteiger partial charge is 0.336 e. The molecular weight excluding hydrogens is 426 g/mol. The molecule has 0 saturated carbocycles. The van der Waals surface area contributed by atoms with E-state index in [0.717, 1.165) is 26.1 Å². The molecule has 176 valence electrons. The van der Waals surface area contributed by atoms with E-state index >= 15 is 0 Å². The maximum atomic E-state index is 10.3. The summed E-state index contributed by atoms with van der Waals surface area (Å²) in [5.74, 6) is -3.81. The number of aliphatic carboxylic acids is 3. The molecule has 0 atom stereocenters. The third kappa shape index (κ3) is 8.32. The van der Waals surface area contributed by atoms with Crippen molar-refractivity contribution in [2.45, 2.75) is 38.7 Å². The van der Waals surface area contributed by atoms with Crippen molar-refractivity contribution in [3.63, 3.8) is 0 Å². The average Bonchev–Trinajstić information content (AvgIpc) is 3.17. The Balaban J connectivity index is 0.000000347. The predicted molar refractivity (Wildman–Crippen MR) is 110 cm³/mol. The van der Waals surface area contributed by atoms with Crippen LogP contribution in [0.3, 0.4) is 0 Å². The number of phenolic OH excluding ortho intramolecular Hbond substituents is 1. The number of rotatable bonds is 11. The molecule has 32 heavy (non-hydrogen) atoms. The molecule has 0 fully saturated rings. The SMILES string of the molecule is CCN(CC)CCc1nc(-c2ccccc2O)no1.O=C(O)CC(O)(CC(=O)O)C(=O)O. The van der Waals surface area contributed by atoms with Gasteiger partial charge in [0.15, 0.2) is 5.60 Å². The van der Waals surface area contributed by atoms with Gasteiger partial charge < -0.3 is 35.0 Å². The van der Waals surface area contributed by atoms with Crippen LogP contribution in [0, 0.1) is 0 Å². The highest BCUT2D eigenvalue weighted by atomic mass is 16.5. The van der Waals surface area contributed by atoms with Crippen molar-refractivity contribution in [3.05, 3.63) is 30.2 Å². The molecule has 0 unspecified atom stereocenters. The summed E-state index contributed by atoms with van der Waals surface area (Å²) in [5.41, 5.74) is -2.14. The highest BCUT2D eigenvalue weighted by Crippen LogP contribution is 2.25. The van der Waals surface area contributed by atoms with Crippen LogP contribution in [0.4, 0.5) is 0 Å². The molecule has 5 N–H and O–H groups in total. The minimum atomic E-state index is -2.74. The summed E-state index contributed by atoms with van der Waals surface area (Å²) >= 11 is 0. The number of benzene rings is 1. The Kier molecular flexibility index (Phi) is 10.3. The van der Waals surface area contributed by atoms with Crippen molar-refractivity contribution in [2.75, 3.05) is 19.6 Å². The summed E-state index contributed by atoms with van der Waals surface area (Å²) in [6.07, 6.45) is -1.56. The number of carboxylic acids is 3. The van der Waals surface area contributed by atoms with Crippen molar-refractivity contribution < 1.29 is 44.4 Å². The van der Waals surface area contributed by atoms with Gasteiger partial charge in [-0.2, -0.15) is 4.98 Å².